The average molecular weight is 350 g/mol. The average Bonchev–Trinajstić information content (AvgIpc) is 2.31. The molecule has 1 aromatic rings. The summed E-state index contributed by atoms with van der Waals surface area (Å²) in [6.07, 6.45) is 0.101. The molecule has 19 heavy (non-hydrogen) atoms. The Bertz CT molecular complexity index is 529. The van der Waals surface area contributed by atoms with Crippen LogP contribution in [-0.2, 0) is 14.8 Å². The van der Waals surface area contributed by atoms with E-state index in [2.05, 4.69) is 15.9 Å². The quantitative estimate of drug-likeness (QED) is 0.793. The molecule has 1 rings (SSSR count). The van der Waals surface area contributed by atoms with Gasteiger partial charge in [-0.1, -0.05) is 22.0 Å². The SMILES string of the molecule is Cc1ccc(Br)cc1S(=O)(=O)N(C)CCOC(C)C. The van der Waals surface area contributed by atoms with E-state index in [0.29, 0.717) is 18.0 Å². The minimum Gasteiger partial charge on any atom is -0.377 e. The maximum Gasteiger partial charge on any atom is 0.243 e. The molecule has 0 aromatic heterocycles. The highest BCUT2D eigenvalue weighted by atomic mass is 79.9. The van der Waals surface area contributed by atoms with E-state index < -0.39 is 10.0 Å². The molecule has 0 N–H and O–H groups in total. The Morgan fingerprint density at radius 1 is 1.37 bits per heavy atom. The molecule has 0 bridgehead atoms. The number of sulfonamides is 1. The predicted octanol–water partition coefficient (Wildman–Crippen LogP) is 2.80. The molecule has 0 radical (unpaired) electrons. The van der Waals surface area contributed by atoms with Gasteiger partial charge in [-0.3, -0.25) is 0 Å². The number of ether oxygens (including phenoxy) is 1. The second-order valence-electron chi connectivity index (χ2n) is 4.66. The zero-order valence-electron chi connectivity index (χ0n) is 11.7. The maximum atomic E-state index is 12.4. The number of rotatable bonds is 6. The van der Waals surface area contributed by atoms with E-state index in [1.165, 1.54) is 4.31 Å². The summed E-state index contributed by atoms with van der Waals surface area (Å²) < 4.78 is 32.3. The van der Waals surface area contributed by atoms with Gasteiger partial charge in [0.2, 0.25) is 10.0 Å². The number of nitrogens with zero attached hydrogens (tertiary/aromatic N) is 1. The van der Waals surface area contributed by atoms with Crippen molar-refractivity contribution in [3.8, 4) is 0 Å². The first-order valence-corrected chi connectivity index (χ1v) is 8.32. The Morgan fingerprint density at radius 3 is 2.58 bits per heavy atom. The topological polar surface area (TPSA) is 46.6 Å². The Morgan fingerprint density at radius 2 is 2.00 bits per heavy atom. The van der Waals surface area contributed by atoms with Crippen molar-refractivity contribution >= 4 is 26.0 Å². The monoisotopic (exact) mass is 349 g/mol. The molecule has 0 saturated carbocycles. The van der Waals surface area contributed by atoms with Gasteiger partial charge in [0.25, 0.3) is 0 Å². The minimum atomic E-state index is -3.47. The van der Waals surface area contributed by atoms with Gasteiger partial charge in [-0.15, -0.1) is 0 Å². The fraction of sp³-hybridized carbons (Fsp3) is 0.538. The lowest BCUT2D eigenvalue weighted by molar-refractivity contribution is 0.0737. The highest BCUT2D eigenvalue weighted by molar-refractivity contribution is 9.10. The lowest BCUT2D eigenvalue weighted by Crippen LogP contribution is -2.31. The molecule has 108 valence electrons. The summed E-state index contributed by atoms with van der Waals surface area (Å²) in [5.41, 5.74) is 0.736. The van der Waals surface area contributed by atoms with Gasteiger partial charge in [-0.25, -0.2) is 8.42 Å². The molecular weight excluding hydrogens is 330 g/mol. The number of hydrogen-bond acceptors (Lipinski definition) is 3. The van der Waals surface area contributed by atoms with E-state index in [0.717, 1.165) is 10.0 Å². The molecule has 0 saturated heterocycles. The predicted molar refractivity (Wildman–Crippen MR) is 79.8 cm³/mol. The molecule has 0 atom stereocenters. The highest BCUT2D eigenvalue weighted by Gasteiger charge is 2.22. The van der Waals surface area contributed by atoms with Crippen molar-refractivity contribution in [1.82, 2.24) is 4.31 Å². The van der Waals surface area contributed by atoms with Crippen LogP contribution < -0.4 is 0 Å². The molecule has 0 aliphatic heterocycles. The zero-order chi connectivity index (χ0) is 14.6. The molecule has 0 heterocycles. The van der Waals surface area contributed by atoms with Gasteiger partial charge in [0.15, 0.2) is 0 Å². The van der Waals surface area contributed by atoms with Crippen LogP contribution in [0.3, 0.4) is 0 Å². The highest BCUT2D eigenvalue weighted by Crippen LogP contribution is 2.23. The summed E-state index contributed by atoms with van der Waals surface area (Å²) in [4.78, 5) is 0.328. The van der Waals surface area contributed by atoms with Crippen LogP contribution >= 0.6 is 15.9 Å². The fourth-order valence-corrected chi connectivity index (χ4v) is 3.47. The van der Waals surface area contributed by atoms with Crippen LogP contribution in [0.4, 0.5) is 0 Å². The summed E-state index contributed by atoms with van der Waals surface area (Å²) in [5.74, 6) is 0. The molecule has 0 amide bonds. The van der Waals surface area contributed by atoms with Gasteiger partial charge in [0.1, 0.15) is 0 Å². The van der Waals surface area contributed by atoms with Crippen molar-refractivity contribution in [1.29, 1.82) is 0 Å². The van der Waals surface area contributed by atoms with Crippen LogP contribution in [0.5, 0.6) is 0 Å². The Hall–Kier alpha value is -0.430. The van der Waals surface area contributed by atoms with Crippen LogP contribution in [-0.4, -0.2) is 39.0 Å². The van der Waals surface area contributed by atoms with Gasteiger partial charge in [0.05, 0.1) is 17.6 Å². The third-order valence-corrected chi connectivity index (χ3v) is 5.19. The van der Waals surface area contributed by atoms with E-state index in [-0.39, 0.29) is 6.10 Å². The third kappa shape index (κ3) is 4.56. The van der Waals surface area contributed by atoms with E-state index in [4.69, 9.17) is 4.74 Å². The second-order valence-corrected chi connectivity index (χ2v) is 7.58. The lowest BCUT2D eigenvalue weighted by atomic mass is 10.2. The van der Waals surface area contributed by atoms with Gasteiger partial charge < -0.3 is 4.74 Å². The summed E-state index contributed by atoms with van der Waals surface area (Å²) in [7, 11) is -1.90. The Balaban J connectivity index is 2.88. The zero-order valence-corrected chi connectivity index (χ0v) is 14.1. The van der Waals surface area contributed by atoms with Gasteiger partial charge in [-0.05, 0) is 38.5 Å². The van der Waals surface area contributed by atoms with E-state index in [9.17, 15) is 8.42 Å². The number of hydrogen-bond donors (Lipinski definition) is 0. The lowest BCUT2D eigenvalue weighted by Gasteiger charge is -2.19. The minimum absolute atomic E-state index is 0.101. The van der Waals surface area contributed by atoms with E-state index in [1.54, 1.807) is 26.1 Å². The number of aryl methyl sites for hydroxylation is 1. The van der Waals surface area contributed by atoms with Crippen molar-refractivity contribution in [3.05, 3.63) is 28.2 Å². The molecule has 0 unspecified atom stereocenters. The first kappa shape index (κ1) is 16.6. The Kier molecular flexibility index (Phi) is 5.98. The summed E-state index contributed by atoms with van der Waals surface area (Å²) in [6, 6.07) is 5.25. The van der Waals surface area contributed by atoms with Crippen LogP contribution in [0.2, 0.25) is 0 Å². The largest absolute Gasteiger partial charge is 0.377 e. The molecule has 4 nitrogen and oxygen atoms in total. The van der Waals surface area contributed by atoms with Crippen molar-refractivity contribution in [3.63, 3.8) is 0 Å². The molecule has 0 spiro atoms. The number of benzene rings is 1. The second kappa shape index (κ2) is 6.83. The van der Waals surface area contributed by atoms with Crippen LogP contribution in [0.25, 0.3) is 0 Å². The summed E-state index contributed by atoms with van der Waals surface area (Å²) >= 11 is 3.30. The van der Waals surface area contributed by atoms with Crippen molar-refractivity contribution in [2.75, 3.05) is 20.2 Å². The van der Waals surface area contributed by atoms with Crippen LogP contribution in [0.15, 0.2) is 27.6 Å². The van der Waals surface area contributed by atoms with Crippen LogP contribution in [0.1, 0.15) is 19.4 Å². The molecule has 1 aromatic carbocycles. The normalized spacial score (nSPS) is 12.4. The maximum absolute atomic E-state index is 12.4. The smallest absolute Gasteiger partial charge is 0.243 e. The molecule has 0 aliphatic rings. The van der Waals surface area contributed by atoms with E-state index in [1.807, 2.05) is 19.9 Å². The summed E-state index contributed by atoms with van der Waals surface area (Å²) in [6.45, 7) is 6.37. The Labute approximate surface area is 123 Å². The van der Waals surface area contributed by atoms with Crippen molar-refractivity contribution < 1.29 is 13.2 Å². The molecule has 0 fully saturated rings. The molecule has 6 heteroatoms. The van der Waals surface area contributed by atoms with Crippen molar-refractivity contribution in [2.24, 2.45) is 0 Å². The standard InChI is InChI=1S/C13H20BrNO3S/c1-10(2)18-8-7-15(4)19(16,17)13-9-12(14)6-5-11(13)3/h5-6,9-10H,7-8H2,1-4H3. The van der Waals surface area contributed by atoms with Gasteiger partial charge in [-0.2, -0.15) is 4.31 Å². The molecular formula is C13H20BrNO3S. The van der Waals surface area contributed by atoms with Crippen molar-refractivity contribution in [2.45, 2.75) is 31.8 Å². The van der Waals surface area contributed by atoms with E-state index >= 15 is 0 Å². The van der Waals surface area contributed by atoms with Gasteiger partial charge >= 0.3 is 0 Å². The first-order chi connectivity index (χ1) is 8.75. The first-order valence-electron chi connectivity index (χ1n) is 6.09. The fourth-order valence-electron chi connectivity index (χ4n) is 1.56. The summed E-state index contributed by atoms with van der Waals surface area (Å²) in [5, 5.41) is 0. The van der Waals surface area contributed by atoms with Crippen LogP contribution in [0, 0.1) is 6.92 Å². The van der Waals surface area contributed by atoms with Gasteiger partial charge in [0, 0.05) is 18.1 Å². The number of halogens is 1. The number of likely N-dealkylation sites (N-methyl/N-ethyl adjacent to an activating group) is 1. The third-order valence-electron chi connectivity index (χ3n) is 2.70. The molecule has 0 aliphatic carbocycles.